The van der Waals surface area contributed by atoms with Crippen LogP contribution in [0.4, 0.5) is 0 Å². The Kier molecular flexibility index (Phi) is 3.47. The Bertz CT molecular complexity index is 608. The van der Waals surface area contributed by atoms with Crippen LogP contribution in [0.5, 0.6) is 0 Å². The second-order valence-corrected chi connectivity index (χ2v) is 5.49. The number of carbonyl (C=O) groups is 2. The summed E-state index contributed by atoms with van der Waals surface area (Å²) in [5.41, 5.74) is 0.899. The van der Waals surface area contributed by atoms with Crippen LogP contribution in [0.25, 0.3) is 0 Å². The highest BCUT2D eigenvalue weighted by atomic mass is 16.3. The first-order valence-electron chi connectivity index (χ1n) is 7.01. The van der Waals surface area contributed by atoms with Gasteiger partial charge in [-0.25, -0.2) is 0 Å². The van der Waals surface area contributed by atoms with Crippen LogP contribution in [0.2, 0.25) is 0 Å². The van der Waals surface area contributed by atoms with Crippen molar-refractivity contribution < 1.29 is 14.7 Å². The van der Waals surface area contributed by atoms with Gasteiger partial charge in [-0.05, 0) is 5.56 Å². The Balaban J connectivity index is 1.90. The Hall–Kier alpha value is -2.20. The zero-order valence-electron chi connectivity index (χ0n) is 11.6. The van der Waals surface area contributed by atoms with E-state index in [9.17, 15) is 14.7 Å². The van der Waals surface area contributed by atoms with E-state index in [1.54, 1.807) is 18.2 Å². The highest BCUT2D eigenvalue weighted by Gasteiger charge is 2.53. The predicted octanol–water partition coefficient (Wildman–Crippen LogP) is 1.52. The molecule has 0 saturated carbocycles. The first-order valence-corrected chi connectivity index (χ1v) is 7.01. The summed E-state index contributed by atoms with van der Waals surface area (Å²) >= 11 is 0. The zero-order chi connectivity index (χ0) is 15.0. The van der Waals surface area contributed by atoms with Gasteiger partial charge in [-0.3, -0.25) is 14.5 Å². The molecule has 1 N–H and O–H groups in total. The number of carbonyl (C=O) groups excluding carboxylic acids is 2. The van der Waals surface area contributed by atoms with Crippen molar-refractivity contribution in [2.75, 3.05) is 0 Å². The van der Waals surface area contributed by atoms with Gasteiger partial charge < -0.3 is 5.11 Å². The molecule has 1 saturated heterocycles. The van der Waals surface area contributed by atoms with Gasteiger partial charge in [0.1, 0.15) is 0 Å². The third-order valence-corrected chi connectivity index (χ3v) is 4.26. The molecule has 2 aliphatic rings. The van der Waals surface area contributed by atoms with Crippen molar-refractivity contribution >= 4 is 11.8 Å². The topological polar surface area (TPSA) is 57.6 Å². The summed E-state index contributed by atoms with van der Waals surface area (Å²) in [7, 11) is 0. The fourth-order valence-electron chi connectivity index (χ4n) is 3.17. The molecule has 4 heteroatoms. The number of nitrogens with zero attached hydrogens (tertiary/aromatic N) is 1. The van der Waals surface area contributed by atoms with Crippen LogP contribution in [0.3, 0.4) is 0 Å². The van der Waals surface area contributed by atoms with E-state index in [4.69, 9.17) is 0 Å². The number of hydrogen-bond acceptors (Lipinski definition) is 3. The molecule has 3 rings (SSSR count). The van der Waals surface area contributed by atoms with Crippen LogP contribution in [0.15, 0.2) is 55.1 Å². The van der Waals surface area contributed by atoms with Crippen LogP contribution >= 0.6 is 0 Å². The number of aliphatic hydroxyl groups excluding tert-OH is 1. The van der Waals surface area contributed by atoms with Crippen LogP contribution in [0.1, 0.15) is 5.56 Å². The van der Waals surface area contributed by atoms with E-state index in [0.29, 0.717) is 0 Å². The van der Waals surface area contributed by atoms with Gasteiger partial charge in [0, 0.05) is 5.92 Å². The number of aliphatic hydroxyl groups is 1. The first kappa shape index (κ1) is 13.8. The minimum absolute atomic E-state index is 0.198. The molecule has 1 aliphatic carbocycles. The Morgan fingerprint density at radius 3 is 2.43 bits per heavy atom. The van der Waals surface area contributed by atoms with E-state index < -0.39 is 17.9 Å². The normalized spacial score (nSPS) is 31.4. The highest BCUT2D eigenvalue weighted by Crippen LogP contribution is 2.39. The molecule has 0 bridgehead atoms. The smallest absolute Gasteiger partial charge is 0.236 e. The fourth-order valence-corrected chi connectivity index (χ4v) is 3.17. The molecule has 1 heterocycles. The molecule has 4 atom stereocenters. The molecule has 1 aromatic carbocycles. The number of fused-ring (bicyclic) bond motifs is 1. The SMILES string of the molecule is C=C[C@@H]1C=C[C@H](O)[C@@H]2C(=O)N(Cc3ccccc3)C(=O)[C@H]12. The third-order valence-electron chi connectivity index (χ3n) is 4.26. The van der Waals surface area contributed by atoms with E-state index >= 15 is 0 Å². The fraction of sp³-hybridized carbons (Fsp3) is 0.294. The lowest BCUT2D eigenvalue weighted by molar-refractivity contribution is -0.141. The van der Waals surface area contributed by atoms with Crippen LogP contribution in [-0.2, 0) is 16.1 Å². The van der Waals surface area contributed by atoms with E-state index in [1.807, 2.05) is 30.3 Å². The lowest BCUT2D eigenvalue weighted by Crippen LogP contribution is -2.36. The highest BCUT2D eigenvalue weighted by molar-refractivity contribution is 6.06. The summed E-state index contributed by atoms with van der Waals surface area (Å²) in [4.78, 5) is 26.3. The van der Waals surface area contributed by atoms with Crippen molar-refractivity contribution in [2.24, 2.45) is 17.8 Å². The Morgan fingerprint density at radius 1 is 1.10 bits per heavy atom. The standard InChI is InChI=1S/C17H17NO3/c1-2-12-8-9-13(19)15-14(12)16(20)18(17(15)21)10-11-6-4-3-5-7-11/h2-9,12-15,19H,1,10H2/t12-,13+,14-,15+/m1/s1. The van der Waals surface area contributed by atoms with Gasteiger partial charge in [-0.15, -0.1) is 6.58 Å². The number of likely N-dealkylation sites (tertiary alicyclic amines) is 1. The van der Waals surface area contributed by atoms with Gasteiger partial charge in [0.15, 0.2) is 0 Å². The molecule has 1 aromatic rings. The molecule has 1 aliphatic heterocycles. The van der Waals surface area contributed by atoms with Gasteiger partial charge in [-0.2, -0.15) is 0 Å². The average molecular weight is 283 g/mol. The molecular weight excluding hydrogens is 266 g/mol. The Labute approximate surface area is 123 Å². The molecule has 21 heavy (non-hydrogen) atoms. The zero-order valence-corrected chi connectivity index (χ0v) is 11.6. The quantitative estimate of drug-likeness (QED) is 0.676. The summed E-state index contributed by atoms with van der Waals surface area (Å²) < 4.78 is 0. The van der Waals surface area contributed by atoms with Crippen molar-refractivity contribution in [3.05, 3.63) is 60.7 Å². The molecule has 1 fully saturated rings. The van der Waals surface area contributed by atoms with E-state index in [1.165, 1.54) is 4.90 Å². The summed E-state index contributed by atoms with van der Waals surface area (Å²) in [5.74, 6) is -1.93. The van der Waals surface area contributed by atoms with Gasteiger partial charge >= 0.3 is 0 Å². The predicted molar refractivity (Wildman–Crippen MR) is 77.8 cm³/mol. The summed E-state index contributed by atoms with van der Waals surface area (Å²) in [6.07, 6.45) is 4.11. The molecule has 0 aromatic heterocycles. The maximum atomic E-state index is 12.6. The Morgan fingerprint density at radius 2 is 1.76 bits per heavy atom. The van der Waals surface area contributed by atoms with Gasteiger partial charge in [0.05, 0.1) is 24.5 Å². The number of imide groups is 1. The largest absolute Gasteiger partial charge is 0.388 e. The van der Waals surface area contributed by atoms with Crippen molar-refractivity contribution in [1.29, 1.82) is 0 Å². The molecule has 108 valence electrons. The lowest BCUT2D eigenvalue weighted by atomic mass is 9.76. The maximum Gasteiger partial charge on any atom is 0.236 e. The lowest BCUT2D eigenvalue weighted by Gasteiger charge is -2.27. The maximum absolute atomic E-state index is 12.6. The second-order valence-electron chi connectivity index (χ2n) is 5.49. The molecule has 2 amide bonds. The summed E-state index contributed by atoms with van der Waals surface area (Å²) in [6.45, 7) is 3.98. The minimum Gasteiger partial charge on any atom is -0.388 e. The first-order chi connectivity index (χ1) is 10.1. The molecule has 0 radical (unpaired) electrons. The molecular formula is C17H17NO3. The van der Waals surface area contributed by atoms with E-state index in [-0.39, 0.29) is 24.3 Å². The van der Waals surface area contributed by atoms with E-state index in [0.717, 1.165) is 5.56 Å². The average Bonchev–Trinajstić information content (AvgIpc) is 2.75. The number of rotatable bonds is 3. The van der Waals surface area contributed by atoms with Crippen molar-refractivity contribution in [1.82, 2.24) is 4.90 Å². The van der Waals surface area contributed by atoms with Crippen molar-refractivity contribution in [3.8, 4) is 0 Å². The number of hydrogen-bond donors (Lipinski definition) is 1. The van der Waals surface area contributed by atoms with Crippen molar-refractivity contribution in [3.63, 3.8) is 0 Å². The van der Waals surface area contributed by atoms with Crippen LogP contribution < -0.4 is 0 Å². The number of benzene rings is 1. The van der Waals surface area contributed by atoms with Gasteiger partial charge in [0.25, 0.3) is 0 Å². The molecule has 0 unspecified atom stereocenters. The van der Waals surface area contributed by atoms with Crippen LogP contribution in [0, 0.1) is 17.8 Å². The molecule has 4 nitrogen and oxygen atoms in total. The monoisotopic (exact) mass is 283 g/mol. The van der Waals surface area contributed by atoms with E-state index in [2.05, 4.69) is 6.58 Å². The van der Waals surface area contributed by atoms with Crippen molar-refractivity contribution in [2.45, 2.75) is 12.6 Å². The third kappa shape index (κ3) is 2.21. The van der Waals surface area contributed by atoms with Gasteiger partial charge in [0.2, 0.25) is 11.8 Å². The number of amides is 2. The number of allylic oxidation sites excluding steroid dienone is 2. The second kappa shape index (κ2) is 5.30. The molecule has 0 spiro atoms. The summed E-state index contributed by atoms with van der Waals surface area (Å²) in [5, 5.41) is 10.0. The van der Waals surface area contributed by atoms with Crippen LogP contribution in [-0.4, -0.2) is 27.9 Å². The van der Waals surface area contributed by atoms with Gasteiger partial charge in [-0.1, -0.05) is 48.6 Å². The minimum atomic E-state index is -0.900. The summed E-state index contributed by atoms with van der Waals surface area (Å²) in [6, 6.07) is 9.38.